The van der Waals surface area contributed by atoms with E-state index in [1.54, 1.807) is 4.90 Å². The Kier molecular flexibility index (Phi) is 4.95. The molecule has 3 N–H and O–H groups in total. The normalized spacial score (nSPS) is 21.0. The molecule has 1 heterocycles. The van der Waals surface area contributed by atoms with Crippen LogP contribution in [0.15, 0.2) is 12.1 Å². The van der Waals surface area contributed by atoms with Crippen molar-refractivity contribution in [2.45, 2.75) is 26.1 Å². The van der Waals surface area contributed by atoms with Crippen LogP contribution in [0.2, 0.25) is 0 Å². The van der Waals surface area contributed by atoms with Crippen molar-refractivity contribution in [3.05, 3.63) is 17.7 Å². The van der Waals surface area contributed by atoms with Gasteiger partial charge in [0.15, 0.2) is 23.9 Å². The number of ether oxygens (including phenoxy) is 2. The summed E-state index contributed by atoms with van der Waals surface area (Å²) in [5.74, 6) is -3.28. The summed E-state index contributed by atoms with van der Waals surface area (Å²) in [6.45, 7) is 4.08. The summed E-state index contributed by atoms with van der Waals surface area (Å²) >= 11 is 0. The minimum Gasteiger partial charge on any atom is -0.504 e. The van der Waals surface area contributed by atoms with Gasteiger partial charge in [-0.1, -0.05) is 0 Å². The third kappa shape index (κ3) is 4.04. The van der Waals surface area contributed by atoms with Gasteiger partial charge in [-0.25, -0.2) is 4.79 Å². The molecular weight excluding hydrogens is 306 g/mol. The summed E-state index contributed by atoms with van der Waals surface area (Å²) < 4.78 is 10.4. The molecule has 0 aromatic heterocycles. The first-order chi connectivity index (χ1) is 10.8. The number of nitrogens with zero attached hydrogens (tertiary/aromatic N) is 1. The molecule has 1 aliphatic heterocycles. The van der Waals surface area contributed by atoms with Gasteiger partial charge >= 0.3 is 5.97 Å². The molecule has 0 aliphatic carbocycles. The van der Waals surface area contributed by atoms with E-state index >= 15 is 0 Å². The topological polar surface area (TPSA) is 117 Å². The molecule has 0 spiro atoms. The van der Waals surface area contributed by atoms with Crippen molar-refractivity contribution in [2.75, 3.05) is 19.7 Å². The third-order valence-corrected chi connectivity index (χ3v) is 3.40. The Morgan fingerprint density at radius 1 is 1.17 bits per heavy atom. The lowest BCUT2D eigenvalue weighted by Crippen LogP contribution is -2.49. The fourth-order valence-electron chi connectivity index (χ4n) is 2.41. The van der Waals surface area contributed by atoms with E-state index in [-0.39, 0.29) is 23.7 Å². The molecule has 126 valence electrons. The van der Waals surface area contributed by atoms with Gasteiger partial charge in [0.25, 0.3) is 5.91 Å². The van der Waals surface area contributed by atoms with Crippen LogP contribution in [0.5, 0.6) is 17.2 Å². The number of carbonyl (C=O) groups is 2. The Hall–Kier alpha value is -2.48. The number of carbonyl (C=O) groups excluding carboxylic acids is 2. The van der Waals surface area contributed by atoms with Crippen molar-refractivity contribution >= 4 is 11.9 Å². The lowest BCUT2D eigenvalue weighted by atomic mass is 10.2. The van der Waals surface area contributed by atoms with Gasteiger partial charge < -0.3 is 29.7 Å². The molecule has 8 nitrogen and oxygen atoms in total. The number of hydrogen-bond acceptors (Lipinski definition) is 7. The predicted octanol–water partition coefficient (Wildman–Crippen LogP) is 0.596. The summed E-state index contributed by atoms with van der Waals surface area (Å²) in [6, 6.07) is 1.89. The largest absolute Gasteiger partial charge is 0.504 e. The van der Waals surface area contributed by atoms with Crippen LogP contribution in [0.25, 0.3) is 0 Å². The van der Waals surface area contributed by atoms with Crippen LogP contribution in [-0.4, -0.2) is 64.0 Å². The highest BCUT2D eigenvalue weighted by Gasteiger charge is 2.26. The van der Waals surface area contributed by atoms with Crippen LogP contribution < -0.4 is 0 Å². The maximum atomic E-state index is 12.1. The zero-order valence-corrected chi connectivity index (χ0v) is 12.9. The number of morpholine rings is 1. The Morgan fingerprint density at radius 3 is 2.22 bits per heavy atom. The fraction of sp³-hybridized carbons (Fsp3) is 0.467. The van der Waals surface area contributed by atoms with Gasteiger partial charge in [0.1, 0.15) is 0 Å². The zero-order chi connectivity index (χ0) is 17.1. The number of aromatic hydroxyl groups is 3. The van der Waals surface area contributed by atoms with Gasteiger partial charge in [0.2, 0.25) is 0 Å². The van der Waals surface area contributed by atoms with E-state index < -0.39 is 29.8 Å². The molecule has 0 unspecified atom stereocenters. The van der Waals surface area contributed by atoms with Crippen molar-refractivity contribution in [3.8, 4) is 17.2 Å². The van der Waals surface area contributed by atoms with Crippen LogP contribution in [0.3, 0.4) is 0 Å². The molecule has 1 aromatic rings. The zero-order valence-electron chi connectivity index (χ0n) is 12.9. The smallest absolute Gasteiger partial charge is 0.338 e. The number of rotatable bonds is 3. The third-order valence-electron chi connectivity index (χ3n) is 3.40. The molecule has 0 saturated carbocycles. The van der Waals surface area contributed by atoms with E-state index in [4.69, 9.17) is 9.47 Å². The molecule has 1 amide bonds. The van der Waals surface area contributed by atoms with Gasteiger partial charge in [-0.3, -0.25) is 4.79 Å². The minimum atomic E-state index is -0.890. The molecule has 23 heavy (non-hydrogen) atoms. The minimum absolute atomic E-state index is 0.0932. The second-order valence-electron chi connectivity index (χ2n) is 5.50. The first-order valence-electron chi connectivity index (χ1n) is 7.13. The van der Waals surface area contributed by atoms with Crippen molar-refractivity contribution in [2.24, 2.45) is 0 Å². The monoisotopic (exact) mass is 325 g/mol. The Bertz CT molecular complexity index is 583. The molecule has 0 bridgehead atoms. The summed E-state index contributed by atoms with van der Waals surface area (Å²) in [6.07, 6.45) is -0.186. The molecule has 1 fully saturated rings. The van der Waals surface area contributed by atoms with E-state index in [1.807, 2.05) is 13.8 Å². The Labute approximate surface area is 132 Å². The highest BCUT2D eigenvalue weighted by Crippen LogP contribution is 2.35. The Morgan fingerprint density at radius 2 is 1.70 bits per heavy atom. The fourth-order valence-corrected chi connectivity index (χ4v) is 2.41. The molecule has 2 rings (SSSR count). The van der Waals surface area contributed by atoms with E-state index in [1.165, 1.54) is 0 Å². The summed E-state index contributed by atoms with van der Waals surface area (Å²) in [5, 5.41) is 28.0. The maximum absolute atomic E-state index is 12.1. The number of amides is 1. The van der Waals surface area contributed by atoms with Gasteiger partial charge in [0.05, 0.1) is 17.8 Å². The number of esters is 1. The van der Waals surface area contributed by atoms with E-state index in [0.29, 0.717) is 13.1 Å². The van der Waals surface area contributed by atoms with E-state index in [9.17, 15) is 24.9 Å². The molecule has 1 aromatic carbocycles. The summed E-state index contributed by atoms with van der Waals surface area (Å²) in [7, 11) is 0. The van der Waals surface area contributed by atoms with Gasteiger partial charge in [-0.2, -0.15) is 0 Å². The van der Waals surface area contributed by atoms with E-state index in [2.05, 4.69) is 0 Å². The standard InChI is InChI=1S/C15H19NO7/c1-8-5-16(6-9(2)23-8)13(19)7-22-15(21)10-3-11(17)14(20)12(18)4-10/h3-4,8-9,17-18,20H,5-7H2,1-2H3/t8-,9-/m1/s1. The van der Waals surface area contributed by atoms with Gasteiger partial charge in [0, 0.05) is 13.1 Å². The molecule has 0 radical (unpaired) electrons. The first kappa shape index (κ1) is 16.9. The van der Waals surface area contributed by atoms with Crippen LogP contribution in [0, 0.1) is 0 Å². The number of phenols is 3. The molecule has 8 heteroatoms. The molecule has 1 aliphatic rings. The Balaban J connectivity index is 1.95. The maximum Gasteiger partial charge on any atom is 0.338 e. The highest BCUT2D eigenvalue weighted by atomic mass is 16.5. The van der Waals surface area contributed by atoms with Crippen LogP contribution in [0.4, 0.5) is 0 Å². The number of phenolic OH excluding ortho intramolecular Hbond substituents is 3. The molecular formula is C15H19NO7. The van der Waals surface area contributed by atoms with E-state index in [0.717, 1.165) is 12.1 Å². The predicted molar refractivity (Wildman–Crippen MR) is 78.3 cm³/mol. The molecule has 2 atom stereocenters. The summed E-state index contributed by atoms with van der Waals surface area (Å²) in [4.78, 5) is 25.5. The molecule has 1 saturated heterocycles. The van der Waals surface area contributed by atoms with Crippen LogP contribution >= 0.6 is 0 Å². The second-order valence-corrected chi connectivity index (χ2v) is 5.50. The lowest BCUT2D eigenvalue weighted by molar-refractivity contribution is -0.146. The van der Waals surface area contributed by atoms with Crippen molar-refractivity contribution in [3.63, 3.8) is 0 Å². The summed E-state index contributed by atoms with van der Waals surface area (Å²) in [5.41, 5.74) is -0.172. The average Bonchev–Trinajstić information content (AvgIpc) is 2.48. The second kappa shape index (κ2) is 6.74. The SMILES string of the molecule is C[C@@H]1CN(C(=O)COC(=O)c2cc(O)c(O)c(O)c2)C[C@@H](C)O1. The first-order valence-corrected chi connectivity index (χ1v) is 7.13. The van der Waals surface area contributed by atoms with Crippen molar-refractivity contribution in [1.82, 2.24) is 4.90 Å². The lowest BCUT2D eigenvalue weighted by Gasteiger charge is -2.35. The van der Waals surface area contributed by atoms with Crippen molar-refractivity contribution in [1.29, 1.82) is 0 Å². The number of benzene rings is 1. The van der Waals surface area contributed by atoms with Gasteiger partial charge in [-0.15, -0.1) is 0 Å². The quantitative estimate of drug-likeness (QED) is 0.550. The average molecular weight is 325 g/mol. The van der Waals surface area contributed by atoms with Crippen LogP contribution in [0.1, 0.15) is 24.2 Å². The highest BCUT2D eigenvalue weighted by molar-refractivity contribution is 5.92. The van der Waals surface area contributed by atoms with Gasteiger partial charge in [-0.05, 0) is 26.0 Å². The van der Waals surface area contributed by atoms with Crippen LogP contribution in [-0.2, 0) is 14.3 Å². The number of hydrogen-bond donors (Lipinski definition) is 3. The van der Waals surface area contributed by atoms with Crippen molar-refractivity contribution < 1.29 is 34.4 Å².